The molecular formula is C16H18ClN3O3. The standard InChI is InChI=1S/C16H17N3O3.ClH/c1-21-14-9-11(16(17)18)7-8-13(14)22-10-15(20)19-12-5-3-2-4-6-12;/h2-9H,10H2,1H3,(H3,17,18)(H,19,20);1H. The molecule has 4 N–H and O–H groups in total. The van der Waals surface area contributed by atoms with Crippen molar-refractivity contribution in [2.24, 2.45) is 5.73 Å². The van der Waals surface area contributed by atoms with Crippen LogP contribution in [0.25, 0.3) is 0 Å². The zero-order valence-corrected chi connectivity index (χ0v) is 13.4. The zero-order valence-electron chi connectivity index (χ0n) is 12.5. The topological polar surface area (TPSA) is 97.4 Å². The molecule has 0 aliphatic carbocycles. The molecule has 0 bridgehead atoms. The highest BCUT2D eigenvalue weighted by Gasteiger charge is 2.10. The minimum absolute atomic E-state index is 0. The van der Waals surface area contributed by atoms with Crippen LogP contribution < -0.4 is 20.5 Å². The van der Waals surface area contributed by atoms with E-state index in [1.54, 1.807) is 30.3 Å². The van der Waals surface area contributed by atoms with Crippen LogP contribution in [0.3, 0.4) is 0 Å². The first-order chi connectivity index (χ1) is 10.6. The van der Waals surface area contributed by atoms with Gasteiger partial charge >= 0.3 is 0 Å². The van der Waals surface area contributed by atoms with Crippen LogP contribution in [0.5, 0.6) is 11.5 Å². The number of hydrogen-bond donors (Lipinski definition) is 3. The molecule has 122 valence electrons. The number of anilines is 1. The Hall–Kier alpha value is -2.73. The molecule has 0 fully saturated rings. The van der Waals surface area contributed by atoms with Crippen molar-refractivity contribution in [3.63, 3.8) is 0 Å². The zero-order chi connectivity index (χ0) is 15.9. The number of carbonyl (C=O) groups is 1. The van der Waals surface area contributed by atoms with Crippen LogP contribution in [0.15, 0.2) is 48.5 Å². The van der Waals surface area contributed by atoms with Crippen molar-refractivity contribution in [1.29, 1.82) is 5.41 Å². The fraction of sp³-hybridized carbons (Fsp3) is 0.125. The summed E-state index contributed by atoms with van der Waals surface area (Å²) in [5.74, 6) is 0.492. The summed E-state index contributed by atoms with van der Waals surface area (Å²) in [6, 6.07) is 14.0. The predicted molar refractivity (Wildman–Crippen MR) is 91.8 cm³/mol. The van der Waals surface area contributed by atoms with Crippen molar-refractivity contribution in [1.82, 2.24) is 0 Å². The molecule has 0 saturated carbocycles. The molecule has 2 rings (SSSR count). The first kappa shape index (κ1) is 18.3. The summed E-state index contributed by atoms with van der Waals surface area (Å²) < 4.78 is 10.6. The van der Waals surface area contributed by atoms with E-state index < -0.39 is 0 Å². The third-order valence-electron chi connectivity index (χ3n) is 2.89. The lowest BCUT2D eigenvalue weighted by Gasteiger charge is -2.12. The Kier molecular flexibility index (Phi) is 6.89. The number of carbonyl (C=O) groups excluding carboxylic acids is 1. The van der Waals surface area contributed by atoms with E-state index in [9.17, 15) is 4.79 Å². The van der Waals surface area contributed by atoms with E-state index in [1.165, 1.54) is 7.11 Å². The van der Waals surface area contributed by atoms with Gasteiger partial charge in [0.2, 0.25) is 0 Å². The van der Waals surface area contributed by atoms with Crippen LogP contribution in [-0.2, 0) is 4.79 Å². The SMILES string of the molecule is COc1cc(C(=N)N)ccc1OCC(=O)Nc1ccccc1.Cl. The highest BCUT2D eigenvalue weighted by atomic mass is 35.5. The number of amidine groups is 1. The lowest BCUT2D eigenvalue weighted by atomic mass is 10.2. The maximum absolute atomic E-state index is 11.8. The van der Waals surface area contributed by atoms with Crippen LogP contribution in [0.2, 0.25) is 0 Å². The molecule has 0 aliphatic rings. The molecule has 7 heteroatoms. The number of methoxy groups -OCH3 is 1. The van der Waals surface area contributed by atoms with E-state index >= 15 is 0 Å². The molecule has 0 radical (unpaired) electrons. The molecule has 0 saturated heterocycles. The quantitative estimate of drug-likeness (QED) is 0.557. The number of rotatable bonds is 6. The van der Waals surface area contributed by atoms with Gasteiger partial charge in [-0.3, -0.25) is 10.2 Å². The molecule has 0 spiro atoms. The van der Waals surface area contributed by atoms with Crippen LogP contribution in [0, 0.1) is 5.41 Å². The lowest BCUT2D eigenvalue weighted by Crippen LogP contribution is -2.20. The normalized spacial score (nSPS) is 9.43. The van der Waals surface area contributed by atoms with Gasteiger partial charge < -0.3 is 20.5 Å². The number of amides is 1. The van der Waals surface area contributed by atoms with Gasteiger partial charge in [0.25, 0.3) is 5.91 Å². The summed E-state index contributed by atoms with van der Waals surface area (Å²) in [5.41, 5.74) is 6.65. The third kappa shape index (κ3) is 5.19. The molecule has 0 heterocycles. The summed E-state index contributed by atoms with van der Waals surface area (Å²) in [4.78, 5) is 11.8. The van der Waals surface area contributed by atoms with Gasteiger partial charge in [-0.25, -0.2) is 0 Å². The molecule has 1 amide bonds. The Morgan fingerprint density at radius 1 is 1.17 bits per heavy atom. The molecular weight excluding hydrogens is 318 g/mol. The average molecular weight is 336 g/mol. The second-order valence-electron chi connectivity index (χ2n) is 4.48. The molecule has 0 unspecified atom stereocenters. The van der Waals surface area contributed by atoms with Gasteiger partial charge in [-0.15, -0.1) is 12.4 Å². The van der Waals surface area contributed by atoms with E-state index in [4.69, 9.17) is 20.6 Å². The van der Waals surface area contributed by atoms with Crippen LogP contribution in [-0.4, -0.2) is 25.5 Å². The molecule has 0 aromatic heterocycles. The summed E-state index contributed by atoms with van der Waals surface area (Å²) in [6.45, 7) is -0.148. The van der Waals surface area contributed by atoms with E-state index in [-0.39, 0.29) is 30.8 Å². The monoisotopic (exact) mass is 335 g/mol. The van der Waals surface area contributed by atoms with Crippen molar-refractivity contribution in [2.45, 2.75) is 0 Å². The number of nitrogen functional groups attached to an aromatic ring is 1. The second-order valence-corrected chi connectivity index (χ2v) is 4.48. The first-order valence-corrected chi connectivity index (χ1v) is 6.60. The van der Waals surface area contributed by atoms with E-state index in [0.717, 1.165) is 0 Å². The van der Waals surface area contributed by atoms with E-state index in [1.807, 2.05) is 18.2 Å². The molecule has 2 aromatic rings. The number of benzene rings is 2. The first-order valence-electron chi connectivity index (χ1n) is 6.60. The number of ether oxygens (including phenoxy) is 2. The number of nitrogens with one attached hydrogen (secondary N) is 2. The maximum atomic E-state index is 11.8. The second kappa shape index (κ2) is 8.65. The smallest absolute Gasteiger partial charge is 0.262 e. The van der Waals surface area contributed by atoms with Gasteiger partial charge in [-0.2, -0.15) is 0 Å². The van der Waals surface area contributed by atoms with Crippen LogP contribution in [0.1, 0.15) is 5.56 Å². The minimum atomic E-state index is -0.274. The average Bonchev–Trinajstić information content (AvgIpc) is 2.53. The van der Waals surface area contributed by atoms with Gasteiger partial charge in [0.15, 0.2) is 18.1 Å². The molecule has 0 aliphatic heterocycles. The number of hydrogen-bond acceptors (Lipinski definition) is 4. The van der Waals surface area contributed by atoms with E-state index in [0.29, 0.717) is 22.7 Å². The molecule has 6 nitrogen and oxygen atoms in total. The highest BCUT2D eigenvalue weighted by Crippen LogP contribution is 2.27. The minimum Gasteiger partial charge on any atom is -0.493 e. The number of nitrogens with two attached hydrogens (primary N) is 1. The van der Waals surface area contributed by atoms with Crippen molar-refractivity contribution in [2.75, 3.05) is 19.0 Å². The predicted octanol–water partition coefficient (Wildman–Crippen LogP) is 2.42. The summed E-state index contributed by atoms with van der Waals surface area (Å²) in [6.07, 6.45) is 0. The lowest BCUT2D eigenvalue weighted by molar-refractivity contribution is -0.118. The Morgan fingerprint density at radius 2 is 1.87 bits per heavy atom. The van der Waals surface area contributed by atoms with Crippen molar-refractivity contribution < 1.29 is 14.3 Å². The van der Waals surface area contributed by atoms with E-state index in [2.05, 4.69) is 5.32 Å². The molecule has 23 heavy (non-hydrogen) atoms. The maximum Gasteiger partial charge on any atom is 0.262 e. The Labute approximate surface area is 140 Å². The van der Waals surface area contributed by atoms with Crippen LogP contribution in [0.4, 0.5) is 5.69 Å². The largest absolute Gasteiger partial charge is 0.493 e. The van der Waals surface area contributed by atoms with Gasteiger partial charge in [0, 0.05) is 11.3 Å². The van der Waals surface area contributed by atoms with Gasteiger partial charge in [-0.1, -0.05) is 18.2 Å². The Bertz CT molecular complexity index is 678. The van der Waals surface area contributed by atoms with Gasteiger partial charge in [-0.05, 0) is 30.3 Å². The number of halogens is 1. The Morgan fingerprint density at radius 3 is 2.48 bits per heavy atom. The fourth-order valence-electron chi connectivity index (χ4n) is 1.82. The van der Waals surface area contributed by atoms with Crippen LogP contribution >= 0.6 is 12.4 Å². The third-order valence-corrected chi connectivity index (χ3v) is 2.89. The Balaban J connectivity index is 0.00000264. The van der Waals surface area contributed by atoms with Crippen molar-refractivity contribution >= 4 is 29.8 Å². The summed E-state index contributed by atoms with van der Waals surface area (Å²) in [7, 11) is 1.48. The highest BCUT2D eigenvalue weighted by molar-refractivity contribution is 5.95. The molecule has 0 atom stereocenters. The van der Waals surface area contributed by atoms with Crippen molar-refractivity contribution in [3.8, 4) is 11.5 Å². The molecule has 2 aromatic carbocycles. The van der Waals surface area contributed by atoms with Gasteiger partial charge in [0.05, 0.1) is 7.11 Å². The van der Waals surface area contributed by atoms with Gasteiger partial charge in [0.1, 0.15) is 5.84 Å². The fourth-order valence-corrected chi connectivity index (χ4v) is 1.82. The van der Waals surface area contributed by atoms with Crippen molar-refractivity contribution in [3.05, 3.63) is 54.1 Å². The summed E-state index contributed by atoms with van der Waals surface area (Å²) >= 11 is 0. The number of para-hydroxylation sites is 1. The summed E-state index contributed by atoms with van der Waals surface area (Å²) in [5, 5.41) is 10.1.